The van der Waals surface area contributed by atoms with Crippen molar-refractivity contribution >= 4 is 21.4 Å². The Morgan fingerprint density at radius 2 is 1.55 bits per heavy atom. The maximum absolute atomic E-state index is 13.6. The highest BCUT2D eigenvalue weighted by atomic mass is 32.2. The van der Waals surface area contributed by atoms with Gasteiger partial charge in [-0.15, -0.1) is 0 Å². The van der Waals surface area contributed by atoms with Crippen LogP contribution in [0.4, 0.5) is 11.4 Å². The molecular weight excluding hydrogens is 442 g/mol. The smallest absolute Gasteiger partial charge is 0.269 e. The van der Waals surface area contributed by atoms with Crippen molar-refractivity contribution in [2.24, 2.45) is 0 Å². The van der Waals surface area contributed by atoms with E-state index < -0.39 is 14.9 Å². The van der Waals surface area contributed by atoms with E-state index in [1.165, 1.54) is 28.6 Å². The monoisotopic (exact) mass is 469 g/mol. The van der Waals surface area contributed by atoms with Gasteiger partial charge in [-0.3, -0.25) is 14.4 Å². The zero-order chi connectivity index (χ0) is 23.8. The number of nitrogens with zero attached hydrogens (tertiary/aromatic N) is 3. The molecule has 0 aliphatic heterocycles. The minimum absolute atomic E-state index is 0.0265. The average molecular weight is 470 g/mol. The molecule has 9 heteroatoms. The average Bonchev–Trinajstić information content (AvgIpc) is 2.81. The van der Waals surface area contributed by atoms with Crippen LogP contribution in [0.2, 0.25) is 0 Å². The van der Waals surface area contributed by atoms with Gasteiger partial charge >= 0.3 is 0 Å². The molecule has 0 amide bonds. The minimum Gasteiger partial charge on any atom is -0.493 e. The van der Waals surface area contributed by atoms with Crippen LogP contribution in [0.25, 0.3) is 0 Å². The van der Waals surface area contributed by atoms with E-state index >= 15 is 0 Å². The second kappa shape index (κ2) is 10.9. The van der Waals surface area contributed by atoms with Crippen molar-refractivity contribution in [1.29, 1.82) is 0 Å². The molecule has 0 saturated carbocycles. The van der Waals surface area contributed by atoms with Crippen LogP contribution >= 0.6 is 0 Å². The molecule has 3 rings (SSSR count). The predicted octanol–water partition coefficient (Wildman–Crippen LogP) is 4.32. The second-order valence-corrected chi connectivity index (χ2v) is 9.57. The standard InChI is InChI=1S/C24H27N3O5S/c1-25(2)17-8-18-32-24-12-7-6-9-20(24)19-26(21-10-4-3-5-11-21)33(30,31)23-15-13-22(14-16-23)27(28)29/h3-7,9-16H,8,17-19H2,1-2H3. The van der Waals surface area contributed by atoms with Gasteiger partial charge in [-0.1, -0.05) is 36.4 Å². The van der Waals surface area contributed by atoms with Crippen LogP contribution in [0.5, 0.6) is 5.75 Å². The zero-order valence-corrected chi connectivity index (χ0v) is 19.4. The fourth-order valence-corrected chi connectivity index (χ4v) is 4.71. The molecule has 3 aromatic carbocycles. The van der Waals surface area contributed by atoms with E-state index in [-0.39, 0.29) is 17.1 Å². The summed E-state index contributed by atoms with van der Waals surface area (Å²) in [6, 6.07) is 21.0. The van der Waals surface area contributed by atoms with Crippen molar-refractivity contribution in [1.82, 2.24) is 4.90 Å². The van der Waals surface area contributed by atoms with Crippen LogP contribution in [0.1, 0.15) is 12.0 Å². The number of hydrogen-bond donors (Lipinski definition) is 0. The molecule has 0 saturated heterocycles. The van der Waals surface area contributed by atoms with Gasteiger partial charge < -0.3 is 9.64 Å². The summed E-state index contributed by atoms with van der Waals surface area (Å²) in [6.45, 7) is 1.44. The number of hydrogen-bond acceptors (Lipinski definition) is 6. The van der Waals surface area contributed by atoms with Gasteiger partial charge in [0.25, 0.3) is 15.7 Å². The van der Waals surface area contributed by atoms with Crippen LogP contribution in [-0.4, -0.2) is 45.5 Å². The predicted molar refractivity (Wildman–Crippen MR) is 128 cm³/mol. The lowest BCUT2D eigenvalue weighted by atomic mass is 10.2. The first-order valence-electron chi connectivity index (χ1n) is 10.5. The molecule has 0 aliphatic carbocycles. The summed E-state index contributed by atoms with van der Waals surface area (Å²) >= 11 is 0. The van der Waals surface area contributed by atoms with Gasteiger partial charge in [0.05, 0.1) is 28.7 Å². The fourth-order valence-electron chi connectivity index (χ4n) is 3.27. The minimum atomic E-state index is -4.00. The molecular formula is C24H27N3O5S. The summed E-state index contributed by atoms with van der Waals surface area (Å²) in [7, 11) is -0.00987. The molecule has 0 aromatic heterocycles. The summed E-state index contributed by atoms with van der Waals surface area (Å²) < 4.78 is 34.4. The first kappa shape index (κ1) is 24.2. The first-order valence-corrected chi connectivity index (χ1v) is 11.9. The quantitative estimate of drug-likeness (QED) is 0.236. The van der Waals surface area contributed by atoms with E-state index in [1.807, 2.05) is 44.4 Å². The number of rotatable bonds is 11. The van der Waals surface area contributed by atoms with Gasteiger partial charge in [-0.25, -0.2) is 8.42 Å². The summed E-state index contributed by atoms with van der Waals surface area (Å²) in [5.74, 6) is 0.621. The Morgan fingerprint density at radius 3 is 2.18 bits per heavy atom. The summed E-state index contributed by atoms with van der Waals surface area (Å²) in [5.41, 5.74) is 1.03. The highest BCUT2D eigenvalue weighted by Gasteiger charge is 2.26. The van der Waals surface area contributed by atoms with Gasteiger partial charge in [-0.05, 0) is 50.8 Å². The number of nitro groups is 1. The molecule has 0 N–H and O–H groups in total. The van der Waals surface area contributed by atoms with E-state index in [4.69, 9.17) is 4.74 Å². The fraction of sp³-hybridized carbons (Fsp3) is 0.250. The number of sulfonamides is 1. The molecule has 33 heavy (non-hydrogen) atoms. The van der Waals surface area contributed by atoms with Crippen molar-refractivity contribution in [3.8, 4) is 5.75 Å². The van der Waals surface area contributed by atoms with Crippen molar-refractivity contribution in [2.75, 3.05) is 31.6 Å². The summed E-state index contributed by atoms with van der Waals surface area (Å²) in [5, 5.41) is 11.0. The maximum atomic E-state index is 13.6. The Labute approximate surface area is 194 Å². The second-order valence-electron chi connectivity index (χ2n) is 7.71. The van der Waals surface area contributed by atoms with E-state index in [9.17, 15) is 18.5 Å². The molecule has 0 spiro atoms. The molecule has 0 bridgehead atoms. The van der Waals surface area contributed by atoms with Crippen LogP contribution in [0.3, 0.4) is 0 Å². The maximum Gasteiger partial charge on any atom is 0.269 e. The zero-order valence-electron chi connectivity index (χ0n) is 18.6. The van der Waals surface area contributed by atoms with Crippen LogP contribution in [0, 0.1) is 10.1 Å². The van der Waals surface area contributed by atoms with Crippen LogP contribution in [-0.2, 0) is 16.6 Å². The number of nitro benzene ring substituents is 1. The van der Waals surface area contributed by atoms with E-state index in [2.05, 4.69) is 4.90 Å². The molecule has 0 fully saturated rings. The molecule has 0 unspecified atom stereocenters. The molecule has 8 nitrogen and oxygen atoms in total. The third-order valence-corrected chi connectivity index (χ3v) is 6.76. The lowest BCUT2D eigenvalue weighted by Gasteiger charge is -2.25. The summed E-state index contributed by atoms with van der Waals surface area (Å²) in [6.07, 6.45) is 0.838. The van der Waals surface area contributed by atoms with Crippen LogP contribution < -0.4 is 9.04 Å². The largest absolute Gasteiger partial charge is 0.493 e. The number of para-hydroxylation sites is 2. The number of non-ortho nitro benzene ring substituents is 1. The van der Waals surface area contributed by atoms with Gasteiger partial charge in [0.15, 0.2) is 0 Å². The van der Waals surface area contributed by atoms with Gasteiger partial charge in [0, 0.05) is 24.2 Å². The number of benzene rings is 3. The Bertz CT molecular complexity index is 1170. The Balaban J connectivity index is 1.93. The lowest BCUT2D eigenvalue weighted by Crippen LogP contribution is -2.30. The Morgan fingerprint density at radius 1 is 0.909 bits per heavy atom. The Hall–Kier alpha value is -3.43. The molecule has 0 heterocycles. The summed E-state index contributed by atoms with van der Waals surface area (Å²) in [4.78, 5) is 12.5. The normalized spacial score (nSPS) is 11.4. The Kier molecular flexibility index (Phi) is 8.02. The van der Waals surface area contributed by atoms with Crippen molar-refractivity contribution in [3.63, 3.8) is 0 Å². The highest BCUT2D eigenvalue weighted by Crippen LogP contribution is 2.29. The van der Waals surface area contributed by atoms with Gasteiger partial charge in [0.2, 0.25) is 0 Å². The van der Waals surface area contributed by atoms with Crippen molar-refractivity contribution in [3.05, 3.63) is 94.5 Å². The first-order chi connectivity index (χ1) is 15.8. The van der Waals surface area contributed by atoms with Crippen molar-refractivity contribution in [2.45, 2.75) is 17.9 Å². The third kappa shape index (κ3) is 6.30. The molecule has 174 valence electrons. The molecule has 0 atom stereocenters. The molecule has 0 aliphatic rings. The van der Waals surface area contributed by atoms with Gasteiger partial charge in [-0.2, -0.15) is 0 Å². The van der Waals surface area contributed by atoms with Crippen molar-refractivity contribution < 1.29 is 18.1 Å². The van der Waals surface area contributed by atoms with Crippen LogP contribution in [0.15, 0.2) is 83.8 Å². The SMILES string of the molecule is CN(C)CCCOc1ccccc1CN(c1ccccc1)S(=O)(=O)c1ccc([N+](=O)[O-])cc1. The highest BCUT2D eigenvalue weighted by molar-refractivity contribution is 7.92. The number of anilines is 1. The molecule has 0 radical (unpaired) electrons. The number of ether oxygens (including phenoxy) is 1. The van der Waals surface area contributed by atoms with E-state index in [0.29, 0.717) is 18.0 Å². The van der Waals surface area contributed by atoms with E-state index in [1.54, 1.807) is 24.3 Å². The topological polar surface area (TPSA) is 93.0 Å². The third-order valence-electron chi connectivity index (χ3n) is 4.97. The van der Waals surface area contributed by atoms with Gasteiger partial charge in [0.1, 0.15) is 5.75 Å². The lowest BCUT2D eigenvalue weighted by molar-refractivity contribution is -0.384. The van der Waals surface area contributed by atoms with E-state index in [0.717, 1.165) is 18.5 Å². The molecule has 3 aromatic rings.